The van der Waals surface area contributed by atoms with Crippen LogP contribution >= 0.6 is 0 Å². The zero-order chi connectivity index (χ0) is 22.8. The average molecular weight is 433 g/mol. The first-order chi connectivity index (χ1) is 15.5. The van der Waals surface area contributed by atoms with Crippen LogP contribution in [0.2, 0.25) is 0 Å². The number of carbonyl (C=O) groups excluding carboxylic acids is 2. The lowest BCUT2D eigenvalue weighted by atomic mass is 9.94. The Labute approximate surface area is 184 Å². The highest BCUT2D eigenvalue weighted by atomic mass is 19.1. The molecule has 0 saturated carbocycles. The van der Waals surface area contributed by atoms with Gasteiger partial charge in [-0.15, -0.1) is 0 Å². The molecule has 1 atom stereocenters. The zero-order valence-electron chi connectivity index (χ0n) is 17.4. The van der Waals surface area contributed by atoms with Gasteiger partial charge in [0.05, 0.1) is 25.8 Å². The van der Waals surface area contributed by atoms with Gasteiger partial charge in [0, 0.05) is 16.8 Å². The molecule has 6 nitrogen and oxygen atoms in total. The summed E-state index contributed by atoms with van der Waals surface area (Å²) < 4.78 is 25.1. The maximum absolute atomic E-state index is 14.9. The molecular formula is C25H20FNO5. The lowest BCUT2D eigenvalue weighted by molar-refractivity contribution is -0.132. The number of amides is 1. The van der Waals surface area contributed by atoms with Crippen molar-refractivity contribution in [2.45, 2.75) is 6.04 Å². The molecule has 3 aromatic rings. The first kappa shape index (κ1) is 21.1. The normalized spacial score (nSPS) is 17.5. The zero-order valence-corrected chi connectivity index (χ0v) is 17.4. The Bertz CT molecular complexity index is 1200. The van der Waals surface area contributed by atoms with E-state index in [4.69, 9.17) is 9.47 Å². The van der Waals surface area contributed by atoms with Crippen LogP contribution in [-0.4, -0.2) is 31.0 Å². The van der Waals surface area contributed by atoms with Crippen molar-refractivity contribution in [1.82, 2.24) is 0 Å². The van der Waals surface area contributed by atoms with E-state index in [1.807, 2.05) is 0 Å². The van der Waals surface area contributed by atoms with Gasteiger partial charge in [-0.1, -0.05) is 18.2 Å². The van der Waals surface area contributed by atoms with Gasteiger partial charge in [-0.05, 0) is 54.6 Å². The number of benzene rings is 3. The molecular weight excluding hydrogens is 413 g/mol. The van der Waals surface area contributed by atoms with Gasteiger partial charge in [-0.2, -0.15) is 0 Å². The molecule has 0 aromatic heterocycles. The van der Waals surface area contributed by atoms with E-state index in [9.17, 15) is 19.1 Å². The van der Waals surface area contributed by atoms with Crippen molar-refractivity contribution >= 4 is 23.1 Å². The number of hydrogen-bond donors (Lipinski definition) is 1. The van der Waals surface area contributed by atoms with Crippen molar-refractivity contribution in [2.75, 3.05) is 19.1 Å². The monoisotopic (exact) mass is 433 g/mol. The number of ether oxygens (including phenoxy) is 2. The number of halogens is 1. The summed E-state index contributed by atoms with van der Waals surface area (Å²) in [6, 6.07) is 17.6. The van der Waals surface area contributed by atoms with E-state index in [0.717, 1.165) is 0 Å². The molecule has 0 radical (unpaired) electrons. The van der Waals surface area contributed by atoms with Crippen molar-refractivity contribution in [3.8, 4) is 11.5 Å². The van der Waals surface area contributed by atoms with E-state index in [0.29, 0.717) is 22.7 Å². The van der Waals surface area contributed by atoms with Gasteiger partial charge in [0.1, 0.15) is 23.1 Å². The van der Waals surface area contributed by atoms with Gasteiger partial charge in [-0.25, -0.2) is 4.39 Å². The summed E-state index contributed by atoms with van der Waals surface area (Å²) in [5, 5.41) is 11.0. The number of anilines is 1. The van der Waals surface area contributed by atoms with Gasteiger partial charge in [0.25, 0.3) is 11.7 Å². The predicted molar refractivity (Wildman–Crippen MR) is 117 cm³/mol. The van der Waals surface area contributed by atoms with Gasteiger partial charge >= 0.3 is 0 Å². The number of aliphatic hydroxyl groups excluding tert-OH is 1. The molecule has 0 spiro atoms. The molecule has 1 heterocycles. The predicted octanol–water partition coefficient (Wildman–Crippen LogP) is 4.47. The molecule has 0 aliphatic carbocycles. The van der Waals surface area contributed by atoms with Crippen molar-refractivity contribution in [3.05, 3.63) is 95.3 Å². The van der Waals surface area contributed by atoms with Gasteiger partial charge in [-0.3, -0.25) is 14.5 Å². The number of nitrogens with zero attached hydrogens (tertiary/aromatic N) is 1. The maximum atomic E-state index is 14.9. The first-order valence-corrected chi connectivity index (χ1v) is 9.80. The van der Waals surface area contributed by atoms with Crippen LogP contribution in [-0.2, 0) is 9.59 Å². The first-order valence-electron chi connectivity index (χ1n) is 9.80. The summed E-state index contributed by atoms with van der Waals surface area (Å²) in [5.41, 5.74) is 0.577. The molecule has 0 bridgehead atoms. The molecule has 3 aromatic carbocycles. The Morgan fingerprint density at radius 3 is 2.00 bits per heavy atom. The second-order valence-electron chi connectivity index (χ2n) is 7.12. The van der Waals surface area contributed by atoms with Gasteiger partial charge in [0.15, 0.2) is 0 Å². The molecule has 7 heteroatoms. The number of aliphatic hydroxyl groups is 1. The number of Topliss-reactive ketones (excluding diaryl/α,β-unsaturated/α-hetero) is 1. The standard InChI is InChI=1S/C25H20FNO5/c1-31-17-11-7-15(8-12-17)23(28)21-22(19-5-3-4-6-20(19)26)27(25(30)24(21)29)16-9-13-18(32-2)14-10-16/h3-14,22,28H,1-2H3/b23-21+/t22-/m0/s1. The lowest BCUT2D eigenvalue weighted by Crippen LogP contribution is -2.29. The van der Waals surface area contributed by atoms with Gasteiger partial charge < -0.3 is 14.6 Å². The van der Waals surface area contributed by atoms with E-state index in [-0.39, 0.29) is 11.1 Å². The quantitative estimate of drug-likeness (QED) is 0.365. The van der Waals surface area contributed by atoms with E-state index in [2.05, 4.69) is 0 Å². The van der Waals surface area contributed by atoms with Crippen molar-refractivity contribution in [2.24, 2.45) is 0 Å². The third-order valence-electron chi connectivity index (χ3n) is 5.36. The van der Waals surface area contributed by atoms with Crippen LogP contribution in [0.3, 0.4) is 0 Å². The Kier molecular flexibility index (Phi) is 5.64. The Balaban J connectivity index is 1.92. The summed E-state index contributed by atoms with van der Waals surface area (Å²) in [5.74, 6) is -1.63. The minimum absolute atomic E-state index is 0.0950. The number of hydrogen-bond acceptors (Lipinski definition) is 5. The summed E-state index contributed by atoms with van der Waals surface area (Å²) in [7, 11) is 3.02. The molecule has 1 N–H and O–H groups in total. The van der Waals surface area contributed by atoms with Crippen LogP contribution in [0.1, 0.15) is 17.2 Å². The largest absolute Gasteiger partial charge is 0.507 e. The Morgan fingerprint density at radius 2 is 1.44 bits per heavy atom. The number of carbonyl (C=O) groups is 2. The van der Waals surface area contributed by atoms with E-state index in [1.165, 1.54) is 37.3 Å². The number of methoxy groups -OCH3 is 2. The topological polar surface area (TPSA) is 76.1 Å². The minimum atomic E-state index is -1.15. The van der Waals surface area contributed by atoms with Crippen LogP contribution in [0.4, 0.5) is 10.1 Å². The van der Waals surface area contributed by atoms with Crippen molar-refractivity contribution < 1.29 is 28.6 Å². The molecule has 1 aliphatic rings. The highest BCUT2D eigenvalue weighted by Gasteiger charge is 2.47. The molecule has 32 heavy (non-hydrogen) atoms. The van der Waals surface area contributed by atoms with E-state index in [1.54, 1.807) is 54.6 Å². The molecule has 0 unspecified atom stereocenters. The Morgan fingerprint density at radius 1 is 0.875 bits per heavy atom. The lowest BCUT2D eigenvalue weighted by Gasteiger charge is -2.25. The molecule has 1 amide bonds. The molecule has 1 aliphatic heterocycles. The molecule has 1 fully saturated rings. The fourth-order valence-electron chi connectivity index (χ4n) is 3.74. The maximum Gasteiger partial charge on any atom is 0.300 e. The summed E-state index contributed by atoms with van der Waals surface area (Å²) >= 11 is 0. The Hall–Kier alpha value is -4.13. The number of rotatable bonds is 5. The molecule has 1 saturated heterocycles. The van der Waals surface area contributed by atoms with Crippen LogP contribution in [0, 0.1) is 5.82 Å². The number of ketones is 1. The van der Waals surface area contributed by atoms with Crippen LogP contribution in [0.15, 0.2) is 78.4 Å². The van der Waals surface area contributed by atoms with Crippen molar-refractivity contribution in [3.63, 3.8) is 0 Å². The van der Waals surface area contributed by atoms with E-state index >= 15 is 0 Å². The third-order valence-corrected chi connectivity index (χ3v) is 5.36. The van der Waals surface area contributed by atoms with Gasteiger partial charge in [0.2, 0.25) is 0 Å². The highest BCUT2D eigenvalue weighted by molar-refractivity contribution is 6.51. The summed E-state index contributed by atoms with van der Waals surface area (Å²) in [6.07, 6.45) is 0. The van der Waals surface area contributed by atoms with Crippen LogP contribution < -0.4 is 14.4 Å². The molecule has 162 valence electrons. The second kappa shape index (κ2) is 8.55. The van der Waals surface area contributed by atoms with E-state index < -0.39 is 29.3 Å². The smallest absolute Gasteiger partial charge is 0.300 e. The minimum Gasteiger partial charge on any atom is -0.507 e. The highest BCUT2D eigenvalue weighted by Crippen LogP contribution is 2.43. The third kappa shape index (κ3) is 3.58. The fraction of sp³-hybridized carbons (Fsp3) is 0.120. The second-order valence-corrected chi connectivity index (χ2v) is 7.12. The SMILES string of the molecule is COc1ccc(/C(O)=C2\C(=O)C(=O)N(c3ccc(OC)cc3)[C@H]2c2ccccc2F)cc1. The molecule has 4 rings (SSSR count). The summed E-state index contributed by atoms with van der Waals surface area (Å²) in [4.78, 5) is 27.3. The van der Waals surface area contributed by atoms with Crippen LogP contribution in [0.5, 0.6) is 11.5 Å². The fourth-order valence-corrected chi connectivity index (χ4v) is 3.74. The summed E-state index contributed by atoms with van der Waals surface area (Å²) in [6.45, 7) is 0. The van der Waals surface area contributed by atoms with Crippen molar-refractivity contribution in [1.29, 1.82) is 0 Å². The average Bonchev–Trinajstić information content (AvgIpc) is 3.09. The van der Waals surface area contributed by atoms with Crippen LogP contribution in [0.25, 0.3) is 5.76 Å².